The molecule has 0 aliphatic rings. The van der Waals surface area contributed by atoms with Crippen molar-refractivity contribution in [1.29, 1.82) is 0 Å². The summed E-state index contributed by atoms with van der Waals surface area (Å²) in [6.07, 6.45) is 0. The van der Waals surface area contributed by atoms with Gasteiger partial charge in [0.15, 0.2) is 0 Å². The third-order valence-corrected chi connectivity index (χ3v) is 9.60. The molecule has 2 heterocycles. The van der Waals surface area contributed by atoms with Crippen molar-refractivity contribution < 1.29 is 4.42 Å². The highest BCUT2D eigenvalue weighted by atomic mass is 32.1. The van der Waals surface area contributed by atoms with Gasteiger partial charge in [-0.3, -0.25) is 0 Å². The summed E-state index contributed by atoms with van der Waals surface area (Å²) >= 11 is 1.82. The molecule has 9 aromatic rings. The molecule has 0 fully saturated rings. The standard InChI is InChI=1S/C40H24OS/c1-3-12-25(13-4-1)36-23-27-22-33-35(24-37(27)42-36)41-34-21-11-20-32(40(33)34)39-30-18-9-7-16-28(30)38(26-14-5-2-6-15-26)29-17-8-10-19-31(29)39/h1-24H. The first kappa shape index (κ1) is 23.5. The molecule has 0 aliphatic carbocycles. The van der Waals surface area contributed by atoms with Crippen LogP contribution in [0.1, 0.15) is 0 Å². The van der Waals surface area contributed by atoms with Crippen LogP contribution in [-0.4, -0.2) is 0 Å². The van der Waals surface area contributed by atoms with Crippen molar-refractivity contribution in [2.75, 3.05) is 0 Å². The molecule has 0 radical (unpaired) electrons. The monoisotopic (exact) mass is 552 g/mol. The van der Waals surface area contributed by atoms with Gasteiger partial charge in [0.1, 0.15) is 11.2 Å². The van der Waals surface area contributed by atoms with Crippen molar-refractivity contribution in [3.05, 3.63) is 146 Å². The minimum Gasteiger partial charge on any atom is -0.456 e. The Morgan fingerprint density at radius 1 is 0.429 bits per heavy atom. The number of thiophene rings is 1. The number of hydrogen-bond donors (Lipinski definition) is 0. The third-order valence-electron chi connectivity index (χ3n) is 8.46. The van der Waals surface area contributed by atoms with E-state index in [0.29, 0.717) is 0 Å². The topological polar surface area (TPSA) is 13.1 Å². The lowest BCUT2D eigenvalue weighted by Crippen LogP contribution is -1.91. The van der Waals surface area contributed by atoms with Gasteiger partial charge in [-0.25, -0.2) is 0 Å². The van der Waals surface area contributed by atoms with Gasteiger partial charge < -0.3 is 4.42 Å². The predicted octanol–water partition coefficient (Wildman–Crippen LogP) is 12.1. The molecule has 0 spiro atoms. The van der Waals surface area contributed by atoms with Crippen LogP contribution in [0.15, 0.2) is 150 Å². The van der Waals surface area contributed by atoms with Crippen molar-refractivity contribution >= 4 is 64.9 Å². The number of fused-ring (bicyclic) bond motifs is 6. The molecule has 9 rings (SSSR count). The molecule has 2 aromatic heterocycles. The predicted molar refractivity (Wildman–Crippen MR) is 180 cm³/mol. The molecule has 0 amide bonds. The Hall–Kier alpha value is -5.18. The fourth-order valence-corrected chi connectivity index (χ4v) is 7.73. The van der Waals surface area contributed by atoms with Gasteiger partial charge in [0, 0.05) is 20.3 Å². The quantitative estimate of drug-likeness (QED) is 0.199. The maximum absolute atomic E-state index is 6.56. The van der Waals surface area contributed by atoms with Crippen LogP contribution < -0.4 is 0 Å². The Morgan fingerprint density at radius 2 is 1.02 bits per heavy atom. The molecule has 0 bridgehead atoms. The Balaban J connectivity index is 1.38. The van der Waals surface area contributed by atoms with Crippen molar-refractivity contribution in [2.45, 2.75) is 0 Å². The molecule has 0 atom stereocenters. The fraction of sp³-hybridized carbons (Fsp3) is 0. The van der Waals surface area contributed by atoms with Crippen LogP contribution in [0.4, 0.5) is 0 Å². The fourth-order valence-electron chi connectivity index (χ4n) is 6.65. The van der Waals surface area contributed by atoms with Crippen LogP contribution in [0.5, 0.6) is 0 Å². The summed E-state index contributed by atoms with van der Waals surface area (Å²) < 4.78 is 7.80. The summed E-state index contributed by atoms with van der Waals surface area (Å²) in [4.78, 5) is 1.27. The lowest BCUT2D eigenvalue weighted by atomic mass is 9.85. The van der Waals surface area contributed by atoms with Gasteiger partial charge in [0.25, 0.3) is 0 Å². The van der Waals surface area contributed by atoms with Crippen LogP contribution in [0.3, 0.4) is 0 Å². The van der Waals surface area contributed by atoms with Gasteiger partial charge in [-0.05, 0) is 79.0 Å². The Bertz CT molecular complexity index is 2390. The molecule has 196 valence electrons. The summed E-state index contributed by atoms with van der Waals surface area (Å²) in [5.74, 6) is 0. The second kappa shape index (κ2) is 9.17. The second-order valence-electron chi connectivity index (χ2n) is 10.9. The van der Waals surface area contributed by atoms with Crippen LogP contribution in [0.25, 0.3) is 86.3 Å². The van der Waals surface area contributed by atoms with Crippen molar-refractivity contribution in [2.24, 2.45) is 0 Å². The van der Waals surface area contributed by atoms with E-state index in [1.807, 2.05) is 11.3 Å². The molecule has 0 unspecified atom stereocenters. The summed E-state index contributed by atoms with van der Waals surface area (Å²) in [5, 5.41) is 8.60. The SMILES string of the molecule is c1ccc(-c2cc3cc4c(cc3s2)oc2cccc(-c3c5ccccc5c(-c5ccccc5)c5ccccc35)c24)cc1. The molecular weight excluding hydrogens is 529 g/mol. The molecule has 7 aromatic carbocycles. The summed E-state index contributed by atoms with van der Waals surface area (Å²) in [5.41, 5.74) is 8.07. The zero-order chi connectivity index (χ0) is 27.6. The number of benzene rings is 7. The largest absolute Gasteiger partial charge is 0.456 e. The minimum absolute atomic E-state index is 0.920. The van der Waals surface area contributed by atoms with Crippen LogP contribution in [-0.2, 0) is 0 Å². The number of hydrogen-bond acceptors (Lipinski definition) is 2. The highest BCUT2D eigenvalue weighted by Crippen LogP contribution is 2.47. The summed E-state index contributed by atoms with van der Waals surface area (Å²) in [7, 11) is 0. The van der Waals surface area contributed by atoms with Crippen LogP contribution in [0.2, 0.25) is 0 Å². The normalized spacial score (nSPS) is 11.8. The van der Waals surface area contributed by atoms with E-state index in [1.54, 1.807) is 0 Å². The molecule has 42 heavy (non-hydrogen) atoms. The molecular formula is C40H24OS. The van der Waals surface area contributed by atoms with Gasteiger partial charge >= 0.3 is 0 Å². The Labute approximate surface area is 246 Å². The Morgan fingerprint density at radius 3 is 1.69 bits per heavy atom. The van der Waals surface area contributed by atoms with Gasteiger partial charge in [0.05, 0.1) is 0 Å². The minimum atomic E-state index is 0.920. The van der Waals surface area contributed by atoms with E-state index in [2.05, 4.69) is 146 Å². The van der Waals surface area contributed by atoms with Gasteiger partial charge in [-0.2, -0.15) is 0 Å². The van der Waals surface area contributed by atoms with Crippen molar-refractivity contribution in [3.8, 4) is 32.7 Å². The summed E-state index contributed by atoms with van der Waals surface area (Å²) in [6, 6.07) is 52.4. The van der Waals surface area contributed by atoms with E-state index in [9.17, 15) is 0 Å². The maximum atomic E-state index is 6.56. The van der Waals surface area contributed by atoms with Gasteiger partial charge in [-0.1, -0.05) is 121 Å². The van der Waals surface area contributed by atoms with Gasteiger partial charge in [0.2, 0.25) is 0 Å². The third kappa shape index (κ3) is 3.49. The van der Waals surface area contributed by atoms with Crippen LogP contribution >= 0.6 is 11.3 Å². The van der Waals surface area contributed by atoms with E-state index in [-0.39, 0.29) is 0 Å². The maximum Gasteiger partial charge on any atom is 0.136 e. The summed E-state index contributed by atoms with van der Waals surface area (Å²) in [6.45, 7) is 0. The molecule has 0 aliphatic heterocycles. The molecule has 2 heteroatoms. The molecule has 0 saturated heterocycles. The highest BCUT2D eigenvalue weighted by molar-refractivity contribution is 7.22. The van der Waals surface area contributed by atoms with Crippen molar-refractivity contribution in [1.82, 2.24) is 0 Å². The first-order chi connectivity index (χ1) is 20.8. The van der Waals surface area contributed by atoms with E-state index in [4.69, 9.17) is 4.42 Å². The van der Waals surface area contributed by atoms with E-state index in [1.165, 1.54) is 69.7 Å². The number of furan rings is 1. The van der Waals surface area contributed by atoms with Crippen LogP contribution in [0, 0.1) is 0 Å². The first-order valence-corrected chi connectivity index (χ1v) is 15.1. The highest BCUT2D eigenvalue weighted by Gasteiger charge is 2.20. The molecule has 0 saturated carbocycles. The number of rotatable bonds is 3. The Kier molecular flexibility index (Phi) is 5.13. The van der Waals surface area contributed by atoms with E-state index >= 15 is 0 Å². The zero-order valence-electron chi connectivity index (χ0n) is 22.7. The van der Waals surface area contributed by atoms with E-state index < -0.39 is 0 Å². The average Bonchev–Trinajstić information content (AvgIpc) is 3.64. The van der Waals surface area contributed by atoms with Crippen molar-refractivity contribution in [3.63, 3.8) is 0 Å². The molecule has 0 N–H and O–H groups in total. The first-order valence-electron chi connectivity index (χ1n) is 14.3. The van der Waals surface area contributed by atoms with Gasteiger partial charge in [-0.15, -0.1) is 11.3 Å². The lowest BCUT2D eigenvalue weighted by molar-refractivity contribution is 0.669. The average molecular weight is 553 g/mol. The van der Waals surface area contributed by atoms with E-state index in [0.717, 1.165) is 16.6 Å². The lowest BCUT2D eigenvalue weighted by Gasteiger charge is -2.18. The smallest absolute Gasteiger partial charge is 0.136 e. The second-order valence-corrected chi connectivity index (χ2v) is 11.9. The zero-order valence-corrected chi connectivity index (χ0v) is 23.5. The molecule has 1 nitrogen and oxygen atoms in total.